The summed E-state index contributed by atoms with van der Waals surface area (Å²) < 4.78 is 64.8. The average molecular weight is 467 g/mol. The van der Waals surface area contributed by atoms with Crippen LogP contribution in [0.15, 0.2) is 53.4 Å². The highest BCUT2D eigenvalue weighted by atomic mass is 32.2. The molecule has 2 aromatic rings. The van der Waals surface area contributed by atoms with Crippen LogP contribution in [0, 0.1) is 5.82 Å². The van der Waals surface area contributed by atoms with Crippen molar-refractivity contribution in [3.63, 3.8) is 0 Å². The Kier molecular flexibility index (Phi) is 6.11. The van der Waals surface area contributed by atoms with Crippen molar-refractivity contribution in [2.24, 2.45) is 0 Å². The highest BCUT2D eigenvalue weighted by molar-refractivity contribution is 7.96. The largest absolute Gasteiger partial charge is 0.369 e. The third-order valence-electron chi connectivity index (χ3n) is 6.31. The van der Waals surface area contributed by atoms with E-state index < -0.39 is 31.0 Å². The van der Waals surface area contributed by atoms with Gasteiger partial charge in [0.15, 0.2) is 19.7 Å². The van der Waals surface area contributed by atoms with E-state index in [1.807, 2.05) is 11.8 Å². The Bertz CT molecular complexity index is 1130. The van der Waals surface area contributed by atoms with E-state index in [4.69, 9.17) is 0 Å². The first-order valence-electron chi connectivity index (χ1n) is 10.5. The number of halogens is 1. The third kappa shape index (κ3) is 4.63. The molecule has 168 valence electrons. The fraction of sp³-hybridized carbons (Fsp3) is 0.455. The molecule has 4 rings (SSSR count). The molecule has 6 nitrogen and oxygen atoms in total. The summed E-state index contributed by atoms with van der Waals surface area (Å²) in [4.78, 5) is 4.28. The number of nitrogens with zero attached hydrogens (tertiary/aromatic N) is 2. The normalized spacial score (nSPS) is 24.4. The van der Waals surface area contributed by atoms with Gasteiger partial charge in [0.1, 0.15) is 5.82 Å². The van der Waals surface area contributed by atoms with Crippen LogP contribution in [-0.2, 0) is 26.1 Å². The Morgan fingerprint density at radius 1 is 0.935 bits per heavy atom. The van der Waals surface area contributed by atoms with Gasteiger partial charge in [-0.25, -0.2) is 21.2 Å². The quantitative estimate of drug-likeness (QED) is 0.672. The summed E-state index contributed by atoms with van der Waals surface area (Å²) in [5.74, 6) is -0.771. The van der Waals surface area contributed by atoms with Gasteiger partial charge in [-0.15, -0.1) is 0 Å². The van der Waals surface area contributed by atoms with Gasteiger partial charge in [0.05, 0.1) is 21.7 Å². The van der Waals surface area contributed by atoms with Crippen LogP contribution in [0.1, 0.15) is 12.5 Å². The molecule has 0 aliphatic carbocycles. The molecule has 2 aliphatic heterocycles. The first kappa shape index (κ1) is 22.2. The van der Waals surface area contributed by atoms with Crippen molar-refractivity contribution >= 4 is 25.4 Å². The lowest BCUT2D eigenvalue weighted by atomic mass is 10.1. The molecule has 0 N–H and O–H groups in total. The molecule has 2 aliphatic rings. The molecule has 2 saturated heterocycles. The van der Waals surface area contributed by atoms with Crippen molar-refractivity contribution in [2.45, 2.75) is 29.5 Å². The summed E-state index contributed by atoms with van der Waals surface area (Å²) in [6, 6.07) is 12.5. The fourth-order valence-corrected chi connectivity index (χ4v) is 9.32. The number of anilines is 1. The zero-order valence-electron chi connectivity index (χ0n) is 17.4. The van der Waals surface area contributed by atoms with Gasteiger partial charge < -0.3 is 4.90 Å². The number of aryl methyl sites for hydroxylation is 1. The minimum Gasteiger partial charge on any atom is -0.369 e. The number of hydrogen-bond acceptors (Lipinski definition) is 6. The molecule has 0 spiro atoms. The van der Waals surface area contributed by atoms with Crippen molar-refractivity contribution in [1.29, 1.82) is 0 Å². The van der Waals surface area contributed by atoms with Gasteiger partial charge >= 0.3 is 0 Å². The number of sulfone groups is 2. The van der Waals surface area contributed by atoms with Crippen LogP contribution in [0.4, 0.5) is 10.1 Å². The molecule has 2 heterocycles. The molecule has 0 amide bonds. The molecule has 9 heteroatoms. The third-order valence-corrected chi connectivity index (χ3v) is 10.4. The second-order valence-electron chi connectivity index (χ2n) is 8.22. The first-order chi connectivity index (χ1) is 14.7. The monoisotopic (exact) mass is 466 g/mol. The lowest BCUT2D eigenvalue weighted by Crippen LogP contribution is -2.55. The second kappa shape index (κ2) is 8.52. The van der Waals surface area contributed by atoms with Crippen LogP contribution in [0.3, 0.4) is 0 Å². The van der Waals surface area contributed by atoms with E-state index in [1.54, 1.807) is 36.4 Å². The molecule has 0 bridgehead atoms. The minimum absolute atomic E-state index is 0.138. The van der Waals surface area contributed by atoms with E-state index in [-0.39, 0.29) is 22.2 Å². The van der Waals surface area contributed by atoms with E-state index in [9.17, 15) is 21.2 Å². The van der Waals surface area contributed by atoms with Crippen LogP contribution in [-0.4, -0.2) is 70.7 Å². The highest BCUT2D eigenvalue weighted by Crippen LogP contribution is 2.30. The topological polar surface area (TPSA) is 74.8 Å². The molecule has 31 heavy (non-hydrogen) atoms. The molecule has 0 radical (unpaired) electrons. The lowest BCUT2D eigenvalue weighted by molar-refractivity contribution is 0.201. The molecule has 2 aromatic carbocycles. The molecule has 2 atom stereocenters. The summed E-state index contributed by atoms with van der Waals surface area (Å²) in [5.41, 5.74) is 1.94. The van der Waals surface area contributed by atoms with Crippen LogP contribution < -0.4 is 4.90 Å². The standard InChI is InChI=1S/C22H27FN2O4S2/c1-2-17-3-9-20(10-4-17)31(28,29)22-16-30(26,27)15-21(22)25-13-11-24(12-14-25)19-7-5-18(23)6-8-19/h3-10,21-22H,2,11-16H2,1H3/t21-,22-/m0/s1. The average Bonchev–Trinajstić information content (AvgIpc) is 3.11. The number of rotatable bonds is 5. The maximum absolute atomic E-state index is 13.4. The predicted molar refractivity (Wildman–Crippen MR) is 119 cm³/mol. The van der Waals surface area contributed by atoms with Crippen molar-refractivity contribution in [2.75, 3.05) is 42.6 Å². The van der Waals surface area contributed by atoms with Gasteiger partial charge in [-0.3, -0.25) is 4.90 Å². The van der Waals surface area contributed by atoms with E-state index in [0.29, 0.717) is 26.2 Å². The van der Waals surface area contributed by atoms with E-state index >= 15 is 0 Å². The van der Waals surface area contributed by atoms with E-state index in [0.717, 1.165) is 17.7 Å². The van der Waals surface area contributed by atoms with Gasteiger partial charge in [-0.05, 0) is 48.4 Å². The van der Waals surface area contributed by atoms with Crippen LogP contribution in [0.2, 0.25) is 0 Å². The molecular weight excluding hydrogens is 439 g/mol. The molecule has 0 saturated carbocycles. The second-order valence-corrected chi connectivity index (χ2v) is 12.5. The van der Waals surface area contributed by atoms with Gasteiger partial charge in [0, 0.05) is 37.9 Å². The smallest absolute Gasteiger partial charge is 0.183 e. The highest BCUT2D eigenvalue weighted by Gasteiger charge is 2.48. The maximum atomic E-state index is 13.4. The van der Waals surface area contributed by atoms with E-state index in [2.05, 4.69) is 4.90 Å². The van der Waals surface area contributed by atoms with Crippen molar-refractivity contribution < 1.29 is 21.2 Å². The fourth-order valence-electron chi connectivity index (χ4n) is 4.49. The molecule has 0 unspecified atom stereocenters. The van der Waals surface area contributed by atoms with Crippen molar-refractivity contribution in [3.05, 3.63) is 59.9 Å². The van der Waals surface area contributed by atoms with Gasteiger partial charge in [0.25, 0.3) is 0 Å². The summed E-state index contributed by atoms with van der Waals surface area (Å²) in [6.45, 7) is 4.35. The predicted octanol–water partition coefficient (Wildman–Crippen LogP) is 2.15. The Morgan fingerprint density at radius 3 is 2.13 bits per heavy atom. The number of piperazine rings is 1. The van der Waals surface area contributed by atoms with Crippen molar-refractivity contribution in [1.82, 2.24) is 4.90 Å². The van der Waals surface area contributed by atoms with Crippen LogP contribution in [0.25, 0.3) is 0 Å². The number of hydrogen-bond donors (Lipinski definition) is 0. The Hall–Kier alpha value is -1.97. The maximum Gasteiger partial charge on any atom is 0.183 e. The molecule has 0 aromatic heterocycles. The van der Waals surface area contributed by atoms with Crippen molar-refractivity contribution in [3.8, 4) is 0 Å². The zero-order valence-corrected chi connectivity index (χ0v) is 19.1. The van der Waals surface area contributed by atoms with Gasteiger partial charge in [-0.1, -0.05) is 19.1 Å². The van der Waals surface area contributed by atoms with E-state index in [1.165, 1.54) is 12.1 Å². The summed E-state index contributed by atoms with van der Waals surface area (Å²) in [5, 5.41) is -0.970. The summed E-state index contributed by atoms with van der Waals surface area (Å²) in [6.07, 6.45) is 0.805. The Morgan fingerprint density at radius 2 is 1.55 bits per heavy atom. The van der Waals surface area contributed by atoms with Crippen LogP contribution in [0.5, 0.6) is 0 Å². The zero-order chi connectivity index (χ0) is 22.2. The summed E-state index contributed by atoms with van der Waals surface area (Å²) in [7, 11) is -7.22. The molecular formula is C22H27FN2O4S2. The Balaban J connectivity index is 1.53. The lowest BCUT2D eigenvalue weighted by Gasteiger charge is -2.40. The SMILES string of the molecule is CCc1ccc(S(=O)(=O)[C@H]2CS(=O)(=O)C[C@@H]2N2CCN(c3ccc(F)cc3)CC2)cc1. The van der Waals surface area contributed by atoms with Crippen LogP contribution >= 0.6 is 0 Å². The first-order valence-corrected chi connectivity index (χ1v) is 13.8. The van der Waals surface area contributed by atoms with Gasteiger partial charge in [0.2, 0.25) is 0 Å². The molecule has 2 fully saturated rings. The number of benzene rings is 2. The summed E-state index contributed by atoms with van der Waals surface area (Å²) >= 11 is 0. The Labute approximate surface area is 183 Å². The minimum atomic E-state index is -3.78. The van der Waals surface area contributed by atoms with Gasteiger partial charge in [-0.2, -0.15) is 0 Å².